The minimum Gasteiger partial charge on any atom is -0.457 e. The molecule has 0 spiro atoms. The van der Waals surface area contributed by atoms with Gasteiger partial charge in [-0.05, 0) is 42.8 Å². The van der Waals surface area contributed by atoms with Gasteiger partial charge in [-0.25, -0.2) is 4.79 Å². The third kappa shape index (κ3) is 4.14. The quantitative estimate of drug-likeness (QED) is 0.431. The van der Waals surface area contributed by atoms with Crippen LogP contribution in [0.25, 0.3) is 11.0 Å². The molecule has 0 saturated carbocycles. The van der Waals surface area contributed by atoms with E-state index in [-0.39, 0.29) is 37.0 Å². The second-order valence-electron chi connectivity index (χ2n) is 7.51. The molecule has 2 aromatic carbocycles. The Morgan fingerprint density at radius 2 is 1.71 bits per heavy atom. The molecule has 1 aromatic heterocycles. The van der Waals surface area contributed by atoms with E-state index in [4.69, 9.17) is 4.74 Å². The van der Waals surface area contributed by atoms with Gasteiger partial charge in [0, 0.05) is 37.8 Å². The maximum atomic E-state index is 12.4. The number of imidazole rings is 1. The number of para-hydroxylation sites is 2. The zero-order valence-electron chi connectivity index (χ0n) is 17.2. The summed E-state index contributed by atoms with van der Waals surface area (Å²) in [5, 5.41) is 0. The number of rotatable bonds is 7. The molecule has 1 aliphatic rings. The van der Waals surface area contributed by atoms with Gasteiger partial charge in [0.2, 0.25) is 5.91 Å². The zero-order chi connectivity index (χ0) is 22.0. The maximum absolute atomic E-state index is 12.4. The predicted molar refractivity (Wildman–Crippen MR) is 115 cm³/mol. The fraction of sp³-hybridized carbons (Fsp3) is 0.304. The Hall–Kier alpha value is -3.68. The van der Waals surface area contributed by atoms with E-state index < -0.39 is 5.97 Å². The van der Waals surface area contributed by atoms with Crippen molar-refractivity contribution in [1.29, 1.82) is 0 Å². The van der Waals surface area contributed by atoms with Crippen molar-refractivity contribution in [3.05, 3.63) is 64.6 Å². The molecule has 0 unspecified atom stereocenters. The number of fused-ring (bicyclic) bond motifs is 1. The molecular weight excluding hydrogens is 398 g/mol. The van der Waals surface area contributed by atoms with Gasteiger partial charge < -0.3 is 9.64 Å². The molecule has 1 fully saturated rings. The van der Waals surface area contributed by atoms with E-state index in [0.717, 1.165) is 23.1 Å². The Kier molecular flexibility index (Phi) is 5.70. The Labute approximate surface area is 178 Å². The van der Waals surface area contributed by atoms with E-state index in [0.29, 0.717) is 18.5 Å². The van der Waals surface area contributed by atoms with Crippen LogP contribution in [-0.4, -0.2) is 39.9 Å². The first kappa shape index (κ1) is 20.6. The number of nitrogens with zero attached hydrogens (tertiary/aromatic N) is 3. The van der Waals surface area contributed by atoms with Crippen molar-refractivity contribution in [3.63, 3.8) is 0 Å². The van der Waals surface area contributed by atoms with Crippen LogP contribution in [0, 0.1) is 0 Å². The van der Waals surface area contributed by atoms with E-state index in [1.165, 1.54) is 9.13 Å². The summed E-state index contributed by atoms with van der Waals surface area (Å²) in [6.45, 7) is 0.487. The second kappa shape index (κ2) is 8.59. The number of benzene rings is 2. The number of aromatic nitrogens is 2. The van der Waals surface area contributed by atoms with Crippen molar-refractivity contribution >= 4 is 34.4 Å². The molecule has 0 N–H and O–H groups in total. The van der Waals surface area contributed by atoms with Gasteiger partial charge in [-0.15, -0.1) is 0 Å². The number of carbonyl (C=O) groups excluding carboxylic acids is 3. The minimum absolute atomic E-state index is 0.0167. The number of esters is 1. The fourth-order valence-electron chi connectivity index (χ4n) is 3.83. The van der Waals surface area contributed by atoms with E-state index in [1.54, 1.807) is 36.2 Å². The molecule has 0 bridgehead atoms. The highest BCUT2D eigenvalue weighted by molar-refractivity contribution is 5.99. The molecule has 0 aliphatic carbocycles. The summed E-state index contributed by atoms with van der Waals surface area (Å²) in [4.78, 5) is 50.4. The fourth-order valence-corrected chi connectivity index (χ4v) is 3.83. The average Bonchev–Trinajstić information content (AvgIpc) is 3.32. The summed E-state index contributed by atoms with van der Waals surface area (Å²) in [5.41, 5.74) is 2.50. The third-order valence-electron chi connectivity index (χ3n) is 5.53. The summed E-state index contributed by atoms with van der Waals surface area (Å²) >= 11 is 0. The number of hydrogen-bond donors (Lipinski definition) is 0. The van der Waals surface area contributed by atoms with E-state index in [2.05, 4.69) is 0 Å². The summed E-state index contributed by atoms with van der Waals surface area (Å²) in [7, 11) is 1.68. The number of anilines is 1. The number of carbonyl (C=O) groups is 3. The molecule has 8 nitrogen and oxygen atoms in total. The number of ketones is 1. The number of aryl methyl sites for hydroxylation is 2. The van der Waals surface area contributed by atoms with Crippen LogP contribution in [0.5, 0.6) is 0 Å². The molecule has 1 amide bonds. The van der Waals surface area contributed by atoms with Crippen molar-refractivity contribution in [2.75, 3.05) is 18.1 Å². The molecular formula is C23H23N3O5. The van der Waals surface area contributed by atoms with Crippen LogP contribution in [0.1, 0.15) is 29.6 Å². The van der Waals surface area contributed by atoms with Gasteiger partial charge in [-0.2, -0.15) is 0 Å². The predicted octanol–water partition coefficient (Wildman–Crippen LogP) is 2.28. The third-order valence-corrected chi connectivity index (χ3v) is 5.53. The lowest BCUT2D eigenvalue weighted by atomic mass is 10.1. The van der Waals surface area contributed by atoms with Crippen molar-refractivity contribution in [3.8, 4) is 0 Å². The van der Waals surface area contributed by atoms with E-state index in [1.807, 2.05) is 24.3 Å². The average molecular weight is 421 g/mol. The molecule has 3 aromatic rings. The number of ether oxygens (including phenoxy) is 1. The van der Waals surface area contributed by atoms with Gasteiger partial charge in [0.15, 0.2) is 12.4 Å². The van der Waals surface area contributed by atoms with Crippen LogP contribution in [0.4, 0.5) is 5.69 Å². The molecule has 31 heavy (non-hydrogen) atoms. The molecule has 1 aliphatic heterocycles. The van der Waals surface area contributed by atoms with Crippen LogP contribution < -0.4 is 10.6 Å². The van der Waals surface area contributed by atoms with Gasteiger partial charge in [0.1, 0.15) is 0 Å². The van der Waals surface area contributed by atoms with E-state index in [9.17, 15) is 19.2 Å². The van der Waals surface area contributed by atoms with Gasteiger partial charge in [-0.3, -0.25) is 23.5 Å². The minimum atomic E-state index is -0.549. The molecule has 0 radical (unpaired) electrons. The van der Waals surface area contributed by atoms with Gasteiger partial charge in [0.05, 0.1) is 17.5 Å². The summed E-state index contributed by atoms with van der Waals surface area (Å²) in [6, 6.07) is 14.1. The van der Waals surface area contributed by atoms with Crippen molar-refractivity contribution in [2.45, 2.75) is 25.8 Å². The standard InChI is InChI=1S/C23H23N3O5/c1-24-18-5-2-3-6-19(18)26(23(24)30)14-12-22(29)31-15-20(27)16-8-10-17(11-9-16)25-13-4-7-21(25)28/h2-3,5-6,8-11H,4,7,12-15H2,1H3. The molecule has 160 valence electrons. The van der Waals surface area contributed by atoms with Crippen LogP contribution in [-0.2, 0) is 27.9 Å². The molecule has 8 heteroatoms. The Morgan fingerprint density at radius 3 is 2.39 bits per heavy atom. The molecule has 4 rings (SSSR count). The Morgan fingerprint density at radius 1 is 1.00 bits per heavy atom. The van der Waals surface area contributed by atoms with Crippen LogP contribution in [0.15, 0.2) is 53.3 Å². The first-order chi connectivity index (χ1) is 15.0. The van der Waals surface area contributed by atoms with Crippen molar-refractivity contribution in [2.24, 2.45) is 7.05 Å². The molecule has 2 heterocycles. The van der Waals surface area contributed by atoms with E-state index >= 15 is 0 Å². The van der Waals surface area contributed by atoms with Crippen LogP contribution in [0.2, 0.25) is 0 Å². The lowest BCUT2D eigenvalue weighted by molar-refractivity contribution is -0.142. The maximum Gasteiger partial charge on any atom is 0.328 e. The number of amides is 1. The van der Waals surface area contributed by atoms with Gasteiger partial charge in [0.25, 0.3) is 0 Å². The van der Waals surface area contributed by atoms with Crippen LogP contribution in [0.3, 0.4) is 0 Å². The lowest BCUT2D eigenvalue weighted by Gasteiger charge is -2.15. The number of hydrogen-bond acceptors (Lipinski definition) is 5. The molecule has 0 atom stereocenters. The largest absolute Gasteiger partial charge is 0.457 e. The second-order valence-corrected chi connectivity index (χ2v) is 7.51. The zero-order valence-corrected chi connectivity index (χ0v) is 17.2. The normalized spacial score (nSPS) is 13.7. The lowest BCUT2D eigenvalue weighted by Crippen LogP contribution is -2.24. The highest BCUT2D eigenvalue weighted by atomic mass is 16.5. The van der Waals surface area contributed by atoms with Crippen molar-refractivity contribution in [1.82, 2.24) is 9.13 Å². The Balaban J connectivity index is 1.32. The van der Waals surface area contributed by atoms with Crippen LogP contribution >= 0.6 is 0 Å². The highest BCUT2D eigenvalue weighted by Crippen LogP contribution is 2.21. The summed E-state index contributed by atoms with van der Waals surface area (Å²) < 4.78 is 8.17. The van der Waals surface area contributed by atoms with Crippen molar-refractivity contribution < 1.29 is 19.1 Å². The highest BCUT2D eigenvalue weighted by Gasteiger charge is 2.22. The first-order valence-corrected chi connectivity index (χ1v) is 10.2. The topological polar surface area (TPSA) is 90.6 Å². The SMILES string of the molecule is Cn1c(=O)n(CCC(=O)OCC(=O)c2ccc(N3CCCC3=O)cc2)c2ccccc21. The summed E-state index contributed by atoms with van der Waals surface area (Å²) in [6.07, 6.45) is 1.36. The first-order valence-electron chi connectivity index (χ1n) is 10.2. The monoisotopic (exact) mass is 421 g/mol. The number of Topliss-reactive ketones (excluding diaryl/α,β-unsaturated/α-hetero) is 1. The molecule has 1 saturated heterocycles. The Bertz CT molecular complexity index is 1210. The van der Waals surface area contributed by atoms with Gasteiger partial charge >= 0.3 is 11.7 Å². The van der Waals surface area contributed by atoms with Gasteiger partial charge in [-0.1, -0.05) is 12.1 Å². The smallest absolute Gasteiger partial charge is 0.328 e. The summed E-state index contributed by atoms with van der Waals surface area (Å²) in [5.74, 6) is -0.791.